The summed E-state index contributed by atoms with van der Waals surface area (Å²) in [5, 5.41) is 6.62. The minimum atomic E-state index is -0.183. The second-order valence-corrected chi connectivity index (χ2v) is 6.08. The third-order valence-corrected chi connectivity index (χ3v) is 4.33. The van der Waals surface area contributed by atoms with Crippen LogP contribution >= 0.6 is 24.0 Å². The zero-order valence-corrected chi connectivity index (χ0v) is 18.0. The van der Waals surface area contributed by atoms with Gasteiger partial charge in [-0.3, -0.25) is 9.89 Å². The summed E-state index contributed by atoms with van der Waals surface area (Å²) in [7, 11) is 3.50. The van der Waals surface area contributed by atoms with Gasteiger partial charge in [0.1, 0.15) is 5.82 Å². The first-order valence-corrected chi connectivity index (χ1v) is 8.89. The van der Waals surface area contributed by atoms with Crippen LogP contribution in [-0.4, -0.2) is 77.4 Å². The van der Waals surface area contributed by atoms with Crippen LogP contribution < -0.4 is 15.5 Å². The second-order valence-electron chi connectivity index (χ2n) is 6.08. The lowest BCUT2D eigenvalue weighted by Crippen LogP contribution is -2.49. The van der Waals surface area contributed by atoms with Crippen LogP contribution in [0.2, 0.25) is 0 Å². The monoisotopic (exact) mass is 479 g/mol. The Bertz CT molecular complexity index is 521. The van der Waals surface area contributed by atoms with E-state index in [1.807, 2.05) is 12.1 Å². The molecule has 8 heteroatoms. The summed E-state index contributed by atoms with van der Waals surface area (Å²) in [6, 6.07) is 6.76. The van der Waals surface area contributed by atoms with Crippen LogP contribution in [0, 0.1) is 5.82 Å². The molecule has 6 nitrogen and oxygen atoms in total. The molecule has 26 heavy (non-hydrogen) atoms. The molecule has 0 atom stereocenters. The molecule has 1 heterocycles. The highest BCUT2D eigenvalue weighted by atomic mass is 127. The maximum atomic E-state index is 13.0. The number of aliphatic imine (C=N–C) groups is 1. The van der Waals surface area contributed by atoms with Gasteiger partial charge >= 0.3 is 0 Å². The van der Waals surface area contributed by atoms with Gasteiger partial charge in [0.05, 0.1) is 0 Å². The Balaban J connectivity index is 0.00000338. The van der Waals surface area contributed by atoms with Gasteiger partial charge < -0.3 is 20.3 Å². The lowest BCUT2D eigenvalue weighted by molar-refractivity contribution is 0.195. The van der Waals surface area contributed by atoms with Gasteiger partial charge in [0.15, 0.2) is 5.96 Å². The Kier molecular flexibility index (Phi) is 11.5. The molecule has 1 fully saturated rings. The molecule has 0 saturated carbocycles. The van der Waals surface area contributed by atoms with E-state index in [-0.39, 0.29) is 29.8 Å². The van der Waals surface area contributed by atoms with E-state index in [4.69, 9.17) is 4.74 Å². The molecule has 0 unspecified atom stereocenters. The number of hydrogen-bond donors (Lipinski definition) is 2. The fourth-order valence-electron chi connectivity index (χ4n) is 2.86. The number of anilines is 1. The van der Waals surface area contributed by atoms with Crippen molar-refractivity contribution in [1.29, 1.82) is 0 Å². The normalized spacial score (nSPS) is 15.5. The van der Waals surface area contributed by atoms with Gasteiger partial charge in [-0.15, -0.1) is 24.0 Å². The second kappa shape index (κ2) is 13.1. The average Bonchev–Trinajstić information content (AvgIpc) is 2.65. The molecule has 1 aliphatic rings. The molecule has 0 spiro atoms. The predicted molar refractivity (Wildman–Crippen MR) is 116 cm³/mol. The first kappa shape index (κ1) is 22.9. The number of rotatable bonds is 8. The van der Waals surface area contributed by atoms with Crippen molar-refractivity contribution in [3.63, 3.8) is 0 Å². The largest absolute Gasteiger partial charge is 0.385 e. The highest BCUT2D eigenvalue weighted by Crippen LogP contribution is 2.16. The predicted octanol–water partition coefficient (Wildman–Crippen LogP) is 1.77. The smallest absolute Gasteiger partial charge is 0.191 e. The van der Waals surface area contributed by atoms with E-state index in [2.05, 4.69) is 25.4 Å². The average molecular weight is 479 g/mol. The lowest BCUT2D eigenvalue weighted by Gasteiger charge is -2.36. The molecule has 0 aliphatic carbocycles. The van der Waals surface area contributed by atoms with Gasteiger partial charge in [-0.1, -0.05) is 0 Å². The summed E-state index contributed by atoms with van der Waals surface area (Å²) < 4.78 is 18.0. The molecule has 1 aliphatic heterocycles. The third kappa shape index (κ3) is 8.05. The highest BCUT2D eigenvalue weighted by Gasteiger charge is 2.16. The van der Waals surface area contributed by atoms with E-state index in [0.29, 0.717) is 0 Å². The van der Waals surface area contributed by atoms with Gasteiger partial charge in [-0.05, 0) is 30.7 Å². The number of benzene rings is 1. The maximum absolute atomic E-state index is 13.0. The number of methoxy groups -OCH3 is 1. The van der Waals surface area contributed by atoms with Gasteiger partial charge in [0, 0.05) is 72.3 Å². The van der Waals surface area contributed by atoms with Crippen molar-refractivity contribution in [2.75, 3.05) is 71.5 Å². The minimum Gasteiger partial charge on any atom is -0.385 e. The Morgan fingerprint density at radius 2 is 1.77 bits per heavy atom. The molecule has 0 aromatic heterocycles. The van der Waals surface area contributed by atoms with Gasteiger partial charge in [-0.2, -0.15) is 0 Å². The summed E-state index contributed by atoms with van der Waals surface area (Å²) in [6.45, 7) is 7.41. The molecule has 0 bridgehead atoms. The van der Waals surface area contributed by atoms with Crippen molar-refractivity contribution in [2.45, 2.75) is 6.42 Å². The molecule has 2 rings (SSSR count). The summed E-state index contributed by atoms with van der Waals surface area (Å²) in [5.41, 5.74) is 1.10. The summed E-state index contributed by atoms with van der Waals surface area (Å²) in [4.78, 5) is 8.96. The van der Waals surface area contributed by atoms with Crippen LogP contribution in [0.15, 0.2) is 29.3 Å². The number of halogens is 2. The standard InChI is InChI=1S/C18H30FN5O.HI/c1-20-18(21-8-3-15-25-2)22-9-10-23-11-13-24(14-12-23)17-6-4-16(19)5-7-17;/h4-7H,3,8-15H2,1-2H3,(H2,20,21,22);1H. The van der Waals surface area contributed by atoms with E-state index < -0.39 is 0 Å². The zero-order chi connectivity index (χ0) is 17.9. The topological polar surface area (TPSA) is 52.1 Å². The van der Waals surface area contributed by atoms with Crippen LogP contribution in [0.5, 0.6) is 0 Å². The number of piperazine rings is 1. The van der Waals surface area contributed by atoms with Crippen molar-refractivity contribution < 1.29 is 9.13 Å². The SMILES string of the molecule is CN=C(NCCCOC)NCCN1CCN(c2ccc(F)cc2)CC1.I. The van der Waals surface area contributed by atoms with E-state index >= 15 is 0 Å². The molecule has 1 aromatic carbocycles. The highest BCUT2D eigenvalue weighted by molar-refractivity contribution is 14.0. The number of nitrogens with zero attached hydrogens (tertiary/aromatic N) is 3. The van der Waals surface area contributed by atoms with E-state index in [1.165, 1.54) is 12.1 Å². The molecule has 0 amide bonds. The van der Waals surface area contributed by atoms with Crippen molar-refractivity contribution in [2.24, 2.45) is 4.99 Å². The fraction of sp³-hybridized carbons (Fsp3) is 0.611. The number of guanidine groups is 1. The van der Waals surface area contributed by atoms with Crippen molar-refractivity contribution in [1.82, 2.24) is 15.5 Å². The molecule has 0 radical (unpaired) electrons. The van der Waals surface area contributed by atoms with Crippen molar-refractivity contribution >= 4 is 35.6 Å². The van der Waals surface area contributed by atoms with Crippen LogP contribution in [0.25, 0.3) is 0 Å². The molecule has 1 saturated heterocycles. The Hall–Kier alpha value is -1.13. The van der Waals surface area contributed by atoms with Crippen LogP contribution in [0.1, 0.15) is 6.42 Å². The Labute approximate surface area is 173 Å². The van der Waals surface area contributed by atoms with Gasteiger partial charge in [-0.25, -0.2) is 4.39 Å². The van der Waals surface area contributed by atoms with E-state index in [0.717, 1.165) is 70.5 Å². The van der Waals surface area contributed by atoms with Gasteiger partial charge in [0.25, 0.3) is 0 Å². The summed E-state index contributed by atoms with van der Waals surface area (Å²) in [6.07, 6.45) is 0.961. The van der Waals surface area contributed by atoms with Gasteiger partial charge in [0.2, 0.25) is 0 Å². The Morgan fingerprint density at radius 3 is 2.38 bits per heavy atom. The molecule has 2 N–H and O–H groups in total. The number of hydrogen-bond acceptors (Lipinski definition) is 4. The zero-order valence-electron chi connectivity index (χ0n) is 15.7. The van der Waals surface area contributed by atoms with Crippen molar-refractivity contribution in [3.8, 4) is 0 Å². The molecular formula is C18H31FIN5O. The van der Waals surface area contributed by atoms with E-state index in [9.17, 15) is 4.39 Å². The minimum absolute atomic E-state index is 0. The van der Waals surface area contributed by atoms with Crippen molar-refractivity contribution in [3.05, 3.63) is 30.1 Å². The number of ether oxygens (including phenoxy) is 1. The first-order valence-electron chi connectivity index (χ1n) is 8.89. The fourth-order valence-corrected chi connectivity index (χ4v) is 2.86. The van der Waals surface area contributed by atoms with Crippen LogP contribution in [-0.2, 0) is 4.74 Å². The lowest BCUT2D eigenvalue weighted by atomic mass is 10.2. The molecule has 1 aromatic rings. The molecular weight excluding hydrogens is 448 g/mol. The number of nitrogens with one attached hydrogen (secondary N) is 2. The maximum Gasteiger partial charge on any atom is 0.191 e. The first-order chi connectivity index (χ1) is 12.2. The molecule has 148 valence electrons. The van der Waals surface area contributed by atoms with Crippen LogP contribution in [0.3, 0.4) is 0 Å². The summed E-state index contributed by atoms with van der Waals surface area (Å²) >= 11 is 0. The quantitative estimate of drug-likeness (QED) is 0.258. The van der Waals surface area contributed by atoms with Crippen LogP contribution in [0.4, 0.5) is 10.1 Å². The Morgan fingerprint density at radius 1 is 1.12 bits per heavy atom. The third-order valence-electron chi connectivity index (χ3n) is 4.33. The van der Waals surface area contributed by atoms with E-state index in [1.54, 1.807) is 14.2 Å². The summed E-state index contributed by atoms with van der Waals surface area (Å²) in [5.74, 6) is 0.652.